The molecule has 0 radical (unpaired) electrons. The second-order valence-electron chi connectivity index (χ2n) is 8.41. The zero-order chi connectivity index (χ0) is 26.3. The van der Waals surface area contributed by atoms with Gasteiger partial charge in [-0.25, -0.2) is 13.8 Å². The van der Waals surface area contributed by atoms with Gasteiger partial charge in [0.25, 0.3) is 11.8 Å². The molecule has 0 bridgehead atoms. The Balaban J connectivity index is 1.46. The third kappa shape index (κ3) is 4.77. The molecule has 0 atom stereocenters. The van der Waals surface area contributed by atoms with Crippen LogP contribution in [0.1, 0.15) is 16.1 Å². The van der Waals surface area contributed by atoms with Gasteiger partial charge in [-0.05, 0) is 6.07 Å². The number of carbonyl (C=O) groups excluding carboxylic acids is 1. The Morgan fingerprint density at radius 1 is 1.08 bits per heavy atom. The molecule has 1 saturated heterocycles. The molecule has 2 aromatic heterocycles. The van der Waals surface area contributed by atoms with Crippen molar-refractivity contribution in [1.82, 2.24) is 24.8 Å². The smallest absolute Gasteiger partial charge is 0.272 e. The van der Waals surface area contributed by atoms with E-state index in [0.29, 0.717) is 39.4 Å². The number of imidazole rings is 1. The van der Waals surface area contributed by atoms with E-state index in [1.807, 2.05) is 0 Å². The highest BCUT2D eigenvalue weighted by Crippen LogP contribution is 2.47. The lowest BCUT2D eigenvalue weighted by Crippen LogP contribution is -2.55. The number of aromatic amines is 1. The summed E-state index contributed by atoms with van der Waals surface area (Å²) in [6, 6.07) is 4.82. The van der Waals surface area contributed by atoms with Gasteiger partial charge in [0, 0.05) is 36.1 Å². The third-order valence-corrected chi connectivity index (χ3v) is 6.63. The van der Waals surface area contributed by atoms with Crippen LogP contribution in [0, 0.1) is 0 Å². The van der Waals surface area contributed by atoms with Crippen LogP contribution in [0.3, 0.4) is 0 Å². The van der Waals surface area contributed by atoms with Crippen LogP contribution in [-0.4, -0.2) is 64.0 Å². The molecule has 3 heterocycles. The maximum atomic E-state index is 13.2. The lowest BCUT2D eigenvalue weighted by Gasteiger charge is -2.38. The number of amides is 1. The van der Waals surface area contributed by atoms with Crippen molar-refractivity contribution in [2.45, 2.75) is 12.5 Å². The Morgan fingerprint density at radius 2 is 1.73 bits per heavy atom. The van der Waals surface area contributed by atoms with Crippen molar-refractivity contribution < 1.29 is 23.0 Å². The summed E-state index contributed by atoms with van der Waals surface area (Å²) >= 11 is 13.2. The summed E-state index contributed by atoms with van der Waals surface area (Å²) in [6.07, 6.45) is 4.45. The van der Waals surface area contributed by atoms with E-state index in [0.717, 1.165) is 0 Å². The number of nitrogens with one attached hydrogen (secondary N) is 2. The monoisotopic (exact) mass is 548 g/mol. The largest absolute Gasteiger partial charge is 0.495 e. The average molecular weight is 549 g/mol. The number of halogens is 4. The molecule has 0 aliphatic carbocycles. The molecule has 4 aromatic rings. The number of likely N-dealkylation sites (tertiary alicyclic amines) is 1. The average Bonchev–Trinajstić information content (AvgIpc) is 3.29. The zero-order valence-corrected chi connectivity index (χ0v) is 21.1. The molecular formula is C24H20Cl2F2N6O3. The van der Waals surface area contributed by atoms with Gasteiger partial charge < -0.3 is 14.5 Å². The predicted molar refractivity (Wildman–Crippen MR) is 135 cm³/mol. The number of benzene rings is 2. The van der Waals surface area contributed by atoms with Crippen LogP contribution in [0.4, 0.5) is 14.7 Å². The van der Waals surface area contributed by atoms with Crippen molar-refractivity contribution in [2.24, 2.45) is 0 Å². The second kappa shape index (κ2) is 9.73. The van der Waals surface area contributed by atoms with Gasteiger partial charge >= 0.3 is 0 Å². The first kappa shape index (κ1) is 25.1. The summed E-state index contributed by atoms with van der Waals surface area (Å²) in [4.78, 5) is 30.6. The van der Waals surface area contributed by atoms with Gasteiger partial charge in [0.1, 0.15) is 17.0 Å². The predicted octanol–water partition coefficient (Wildman–Crippen LogP) is 5.05. The highest BCUT2D eigenvalue weighted by molar-refractivity contribution is 6.41. The SMILES string of the molecule is COc1cc(OC)c(Cl)c(-c2ccc(C(=O)Nc3ncc(CN4CC(F)(F)C4)[nH]3)c3nccnc23)c1Cl. The van der Waals surface area contributed by atoms with E-state index in [2.05, 4.69) is 25.3 Å². The van der Waals surface area contributed by atoms with Crippen molar-refractivity contribution in [3.05, 3.63) is 58.1 Å². The van der Waals surface area contributed by atoms with Crippen molar-refractivity contribution in [1.29, 1.82) is 0 Å². The van der Waals surface area contributed by atoms with Gasteiger partial charge in [0.2, 0.25) is 5.95 Å². The summed E-state index contributed by atoms with van der Waals surface area (Å²) in [7, 11) is 2.95. The number of H-pyrrole nitrogens is 1. The fourth-order valence-electron chi connectivity index (χ4n) is 4.20. The van der Waals surface area contributed by atoms with Crippen LogP contribution >= 0.6 is 23.2 Å². The van der Waals surface area contributed by atoms with Gasteiger partial charge in [-0.1, -0.05) is 29.3 Å². The molecule has 37 heavy (non-hydrogen) atoms. The van der Waals surface area contributed by atoms with E-state index in [-0.39, 0.29) is 41.2 Å². The molecule has 1 amide bonds. The molecule has 1 aliphatic heterocycles. The minimum Gasteiger partial charge on any atom is -0.495 e. The van der Waals surface area contributed by atoms with E-state index in [9.17, 15) is 13.6 Å². The Labute approximate surface area is 219 Å². The molecule has 5 rings (SSSR count). The molecule has 1 fully saturated rings. The molecule has 0 saturated carbocycles. The number of hydrogen-bond acceptors (Lipinski definition) is 7. The van der Waals surface area contributed by atoms with Crippen molar-refractivity contribution in [3.8, 4) is 22.6 Å². The molecular weight excluding hydrogens is 529 g/mol. The van der Waals surface area contributed by atoms with Crippen LogP contribution in [0.15, 0.2) is 36.8 Å². The highest BCUT2D eigenvalue weighted by Gasteiger charge is 2.43. The second-order valence-corrected chi connectivity index (χ2v) is 9.17. The van der Waals surface area contributed by atoms with Gasteiger partial charge in [0.15, 0.2) is 0 Å². The fraction of sp³-hybridized carbons (Fsp3) is 0.250. The Hall–Kier alpha value is -3.54. The van der Waals surface area contributed by atoms with E-state index in [1.165, 1.54) is 32.8 Å². The van der Waals surface area contributed by atoms with E-state index in [4.69, 9.17) is 32.7 Å². The van der Waals surface area contributed by atoms with Crippen LogP contribution in [0.2, 0.25) is 10.0 Å². The number of fused-ring (bicyclic) bond motifs is 1. The van der Waals surface area contributed by atoms with E-state index >= 15 is 0 Å². The number of aromatic nitrogens is 4. The Morgan fingerprint density at radius 3 is 2.35 bits per heavy atom. The maximum absolute atomic E-state index is 13.2. The maximum Gasteiger partial charge on any atom is 0.272 e. The van der Waals surface area contributed by atoms with Gasteiger partial charge in [-0.2, -0.15) is 0 Å². The topological polar surface area (TPSA) is 105 Å². The van der Waals surface area contributed by atoms with Crippen LogP contribution in [0.5, 0.6) is 11.5 Å². The van der Waals surface area contributed by atoms with E-state index in [1.54, 1.807) is 23.1 Å². The molecule has 0 unspecified atom stereocenters. The van der Waals surface area contributed by atoms with Crippen molar-refractivity contribution >= 4 is 46.1 Å². The van der Waals surface area contributed by atoms with Crippen molar-refractivity contribution in [2.75, 3.05) is 32.6 Å². The van der Waals surface area contributed by atoms with E-state index < -0.39 is 11.8 Å². The number of ether oxygens (including phenoxy) is 2. The summed E-state index contributed by atoms with van der Waals surface area (Å²) in [5.41, 5.74) is 2.47. The lowest BCUT2D eigenvalue weighted by molar-refractivity contribution is -0.134. The zero-order valence-electron chi connectivity index (χ0n) is 19.6. The van der Waals surface area contributed by atoms with Gasteiger partial charge in [0.05, 0.1) is 60.3 Å². The molecule has 1 aliphatic rings. The van der Waals surface area contributed by atoms with Crippen LogP contribution < -0.4 is 14.8 Å². The van der Waals surface area contributed by atoms with Crippen molar-refractivity contribution in [3.63, 3.8) is 0 Å². The molecule has 9 nitrogen and oxygen atoms in total. The van der Waals surface area contributed by atoms with Crippen LogP contribution in [-0.2, 0) is 6.54 Å². The molecule has 192 valence electrons. The first-order valence-corrected chi connectivity index (χ1v) is 11.8. The lowest BCUT2D eigenvalue weighted by atomic mass is 9.99. The molecule has 2 N–H and O–H groups in total. The molecule has 2 aromatic carbocycles. The number of carbonyl (C=O) groups is 1. The van der Waals surface area contributed by atoms with Gasteiger partial charge in [-0.3, -0.25) is 25.0 Å². The number of alkyl halides is 2. The standard InChI is InChI=1S/C24H20Cl2F2N6O3/c1-36-15-7-16(37-2)19(26)17(18(15)25)13-3-4-14(21-20(13)29-5-6-30-21)22(35)33-23-31-8-12(32-23)9-34-10-24(27,28)11-34/h3-8H,9-11H2,1-2H3,(H2,31,32,33,35). The van der Waals surface area contributed by atoms with Gasteiger partial charge in [-0.15, -0.1) is 0 Å². The number of anilines is 1. The number of methoxy groups -OCH3 is 2. The normalized spacial score (nSPS) is 14.9. The number of rotatable bonds is 7. The molecule has 0 spiro atoms. The number of nitrogens with zero attached hydrogens (tertiary/aromatic N) is 4. The quantitative estimate of drug-likeness (QED) is 0.333. The highest BCUT2D eigenvalue weighted by atomic mass is 35.5. The first-order valence-electron chi connectivity index (χ1n) is 11.0. The van der Waals surface area contributed by atoms with Crippen LogP contribution in [0.25, 0.3) is 22.2 Å². The summed E-state index contributed by atoms with van der Waals surface area (Å²) in [6.45, 7) is -0.344. The minimum absolute atomic E-state index is 0.178. The number of hydrogen-bond donors (Lipinski definition) is 2. The first-order chi connectivity index (χ1) is 17.7. The minimum atomic E-state index is -2.66. The Kier molecular flexibility index (Phi) is 6.61. The summed E-state index contributed by atoms with van der Waals surface area (Å²) in [5.74, 6) is -2.26. The summed E-state index contributed by atoms with van der Waals surface area (Å²) in [5, 5.41) is 3.18. The summed E-state index contributed by atoms with van der Waals surface area (Å²) < 4.78 is 36.9. The Bertz CT molecular complexity index is 1480. The molecule has 13 heteroatoms. The fourth-order valence-corrected chi connectivity index (χ4v) is 4.91. The third-order valence-electron chi connectivity index (χ3n) is 5.88.